The van der Waals surface area contributed by atoms with E-state index in [9.17, 15) is 8.78 Å². The van der Waals surface area contributed by atoms with Crippen molar-refractivity contribution in [2.75, 3.05) is 7.05 Å². The molecular weight excluding hydrogens is 268 g/mol. The third kappa shape index (κ3) is 4.03. The quantitative estimate of drug-likeness (QED) is 0.820. The molecule has 1 nitrogen and oxygen atoms in total. The van der Waals surface area contributed by atoms with E-state index in [2.05, 4.69) is 26.1 Å². The van der Waals surface area contributed by atoms with E-state index in [-0.39, 0.29) is 6.04 Å². The predicted octanol–water partition coefficient (Wildman–Crippen LogP) is 5.08. The van der Waals surface area contributed by atoms with Crippen LogP contribution in [0.25, 0.3) is 0 Å². The highest BCUT2D eigenvalue weighted by molar-refractivity contribution is 5.22. The van der Waals surface area contributed by atoms with Crippen LogP contribution in [-0.4, -0.2) is 7.05 Å². The first kappa shape index (κ1) is 16.4. The minimum absolute atomic E-state index is 0.0381. The molecule has 2 rings (SSSR count). The van der Waals surface area contributed by atoms with Crippen molar-refractivity contribution in [2.24, 2.45) is 17.3 Å². The average Bonchev–Trinajstić information content (AvgIpc) is 2.38. The Hall–Kier alpha value is -0.960. The van der Waals surface area contributed by atoms with Gasteiger partial charge in [0.05, 0.1) is 0 Å². The molecule has 1 unspecified atom stereocenters. The van der Waals surface area contributed by atoms with E-state index in [1.807, 2.05) is 7.05 Å². The van der Waals surface area contributed by atoms with Crippen molar-refractivity contribution < 1.29 is 8.78 Å². The van der Waals surface area contributed by atoms with Gasteiger partial charge in [-0.3, -0.25) is 0 Å². The third-order valence-electron chi connectivity index (χ3n) is 5.02. The molecule has 0 aromatic heterocycles. The molecule has 21 heavy (non-hydrogen) atoms. The second-order valence-corrected chi connectivity index (χ2v) is 7.45. The summed E-state index contributed by atoms with van der Waals surface area (Å²) in [7, 11) is 1.88. The lowest BCUT2D eigenvalue weighted by atomic mass is 9.68. The molecule has 0 bridgehead atoms. The Kier molecular flexibility index (Phi) is 5.03. The number of hydrogen-bond donors (Lipinski definition) is 1. The number of hydrogen-bond acceptors (Lipinski definition) is 1. The summed E-state index contributed by atoms with van der Waals surface area (Å²) in [5.41, 5.74) is 1.08. The van der Waals surface area contributed by atoms with Gasteiger partial charge in [0.25, 0.3) is 0 Å². The summed E-state index contributed by atoms with van der Waals surface area (Å²) >= 11 is 0. The van der Waals surface area contributed by atoms with Crippen LogP contribution in [0.4, 0.5) is 8.78 Å². The van der Waals surface area contributed by atoms with Gasteiger partial charge in [-0.2, -0.15) is 0 Å². The van der Waals surface area contributed by atoms with Crippen LogP contribution in [0.5, 0.6) is 0 Å². The first-order chi connectivity index (χ1) is 9.81. The van der Waals surface area contributed by atoms with Gasteiger partial charge in [0.2, 0.25) is 0 Å². The van der Waals surface area contributed by atoms with Gasteiger partial charge in [0, 0.05) is 12.1 Å². The summed E-state index contributed by atoms with van der Waals surface area (Å²) < 4.78 is 26.9. The van der Waals surface area contributed by atoms with Gasteiger partial charge in [-0.1, -0.05) is 20.8 Å². The summed E-state index contributed by atoms with van der Waals surface area (Å²) in [5, 5.41) is 3.26. The zero-order valence-electron chi connectivity index (χ0n) is 13.5. The number of halogens is 2. The van der Waals surface area contributed by atoms with E-state index in [0.29, 0.717) is 11.3 Å². The van der Waals surface area contributed by atoms with Crippen LogP contribution in [0.1, 0.15) is 58.1 Å². The topological polar surface area (TPSA) is 12.0 Å². The van der Waals surface area contributed by atoms with Crippen molar-refractivity contribution in [3.63, 3.8) is 0 Å². The Morgan fingerprint density at radius 3 is 1.95 bits per heavy atom. The van der Waals surface area contributed by atoms with E-state index in [1.54, 1.807) is 0 Å². The smallest absolute Gasteiger partial charge is 0.126 e. The first-order valence-electron chi connectivity index (χ1n) is 7.94. The van der Waals surface area contributed by atoms with E-state index in [0.717, 1.165) is 30.4 Å². The average molecular weight is 295 g/mol. The summed E-state index contributed by atoms with van der Waals surface area (Å²) in [6.07, 6.45) is 4.63. The lowest BCUT2D eigenvalue weighted by Gasteiger charge is -2.39. The molecule has 0 heterocycles. The maximum Gasteiger partial charge on any atom is 0.126 e. The van der Waals surface area contributed by atoms with Crippen molar-refractivity contribution in [1.29, 1.82) is 0 Å². The van der Waals surface area contributed by atoms with Crippen LogP contribution >= 0.6 is 0 Å². The third-order valence-corrected chi connectivity index (χ3v) is 5.02. The molecule has 1 atom stereocenters. The molecule has 118 valence electrons. The van der Waals surface area contributed by atoms with Gasteiger partial charge in [-0.05, 0) is 67.7 Å². The van der Waals surface area contributed by atoms with Crippen LogP contribution in [0.3, 0.4) is 0 Å². The molecule has 1 aromatic rings. The monoisotopic (exact) mass is 295 g/mol. The Balaban J connectivity index is 2.09. The van der Waals surface area contributed by atoms with Gasteiger partial charge in [0.1, 0.15) is 11.6 Å². The maximum absolute atomic E-state index is 13.4. The molecular formula is C18H27F2N. The normalized spacial score (nSPS) is 24.9. The van der Waals surface area contributed by atoms with Crippen molar-refractivity contribution in [2.45, 2.75) is 52.5 Å². The standard InChI is InChI=1S/C18H27F2N/c1-18(2,3)14-7-5-12(6-8-14)17(21-4)13-9-15(19)11-16(20)10-13/h9-12,14,17,21H,5-8H2,1-4H3. The fourth-order valence-electron chi connectivity index (χ4n) is 3.75. The SMILES string of the molecule is CNC(c1cc(F)cc(F)c1)C1CCC(C(C)(C)C)CC1. The maximum atomic E-state index is 13.4. The van der Waals surface area contributed by atoms with Crippen molar-refractivity contribution in [1.82, 2.24) is 5.32 Å². The highest BCUT2D eigenvalue weighted by Gasteiger charge is 2.33. The van der Waals surface area contributed by atoms with Crippen LogP contribution in [-0.2, 0) is 0 Å². The molecule has 0 spiro atoms. The Bertz CT molecular complexity index is 450. The van der Waals surface area contributed by atoms with Gasteiger partial charge in [0.15, 0.2) is 0 Å². The van der Waals surface area contributed by atoms with Crippen molar-refractivity contribution in [3.8, 4) is 0 Å². The van der Waals surface area contributed by atoms with E-state index >= 15 is 0 Å². The molecule has 0 amide bonds. The van der Waals surface area contributed by atoms with Crippen LogP contribution in [0, 0.1) is 28.9 Å². The predicted molar refractivity (Wildman–Crippen MR) is 83.1 cm³/mol. The number of nitrogens with one attached hydrogen (secondary N) is 1. The molecule has 3 heteroatoms. The Morgan fingerprint density at radius 1 is 1.00 bits per heavy atom. The van der Waals surface area contributed by atoms with Crippen LogP contribution < -0.4 is 5.32 Å². The molecule has 1 fully saturated rings. The molecule has 0 saturated heterocycles. The lowest BCUT2D eigenvalue weighted by molar-refractivity contribution is 0.134. The summed E-state index contributed by atoms with van der Waals surface area (Å²) in [4.78, 5) is 0. The minimum atomic E-state index is -0.492. The second kappa shape index (κ2) is 6.43. The largest absolute Gasteiger partial charge is 0.313 e. The second-order valence-electron chi connectivity index (χ2n) is 7.45. The van der Waals surface area contributed by atoms with Crippen LogP contribution in [0.15, 0.2) is 18.2 Å². The van der Waals surface area contributed by atoms with E-state index in [4.69, 9.17) is 0 Å². The van der Waals surface area contributed by atoms with E-state index < -0.39 is 11.6 Å². The zero-order valence-corrected chi connectivity index (χ0v) is 13.5. The fraction of sp³-hybridized carbons (Fsp3) is 0.667. The first-order valence-corrected chi connectivity index (χ1v) is 7.94. The van der Waals surface area contributed by atoms with E-state index in [1.165, 1.54) is 25.0 Å². The van der Waals surface area contributed by atoms with Gasteiger partial charge >= 0.3 is 0 Å². The fourth-order valence-corrected chi connectivity index (χ4v) is 3.75. The van der Waals surface area contributed by atoms with Crippen molar-refractivity contribution in [3.05, 3.63) is 35.4 Å². The van der Waals surface area contributed by atoms with Crippen molar-refractivity contribution >= 4 is 0 Å². The minimum Gasteiger partial charge on any atom is -0.313 e. The molecule has 1 aromatic carbocycles. The molecule has 1 aliphatic rings. The molecule has 1 aliphatic carbocycles. The van der Waals surface area contributed by atoms with Gasteiger partial charge in [-0.15, -0.1) is 0 Å². The highest BCUT2D eigenvalue weighted by atomic mass is 19.1. The Morgan fingerprint density at radius 2 is 1.52 bits per heavy atom. The number of benzene rings is 1. The zero-order chi connectivity index (χ0) is 15.6. The summed E-state index contributed by atoms with van der Waals surface area (Å²) in [5.74, 6) is 0.215. The van der Waals surface area contributed by atoms with Gasteiger partial charge < -0.3 is 5.32 Å². The molecule has 0 aliphatic heterocycles. The molecule has 1 N–H and O–H groups in total. The number of rotatable bonds is 3. The van der Waals surface area contributed by atoms with Gasteiger partial charge in [-0.25, -0.2) is 8.78 Å². The summed E-state index contributed by atoms with van der Waals surface area (Å²) in [6, 6.07) is 3.89. The molecule has 0 radical (unpaired) electrons. The Labute approximate surface area is 127 Å². The molecule has 1 saturated carbocycles. The van der Waals surface area contributed by atoms with Crippen LogP contribution in [0.2, 0.25) is 0 Å². The lowest BCUT2D eigenvalue weighted by Crippen LogP contribution is -2.32. The highest BCUT2D eigenvalue weighted by Crippen LogP contribution is 2.43. The summed E-state index contributed by atoms with van der Waals surface area (Å²) in [6.45, 7) is 6.90.